The minimum Gasteiger partial charge on any atom is -0.495 e. The molecular weight excluding hydrogens is 212 g/mol. The first-order valence-corrected chi connectivity index (χ1v) is 5.08. The van der Waals surface area contributed by atoms with E-state index in [1.807, 2.05) is 6.07 Å². The summed E-state index contributed by atoms with van der Waals surface area (Å²) in [4.78, 5) is 4.19. The molecule has 6 heteroatoms. The zero-order chi connectivity index (χ0) is 10.7. The van der Waals surface area contributed by atoms with Gasteiger partial charge in [0.1, 0.15) is 11.4 Å². The van der Waals surface area contributed by atoms with E-state index in [-0.39, 0.29) is 6.04 Å². The molecule has 1 unspecified atom stereocenters. The Morgan fingerprint density at radius 2 is 2.40 bits per heavy atom. The second-order valence-electron chi connectivity index (χ2n) is 2.90. The smallest absolute Gasteiger partial charge is 0.142 e. The summed E-state index contributed by atoms with van der Waals surface area (Å²) in [6.07, 6.45) is 3.32. The first-order chi connectivity index (χ1) is 7.33. The maximum atomic E-state index is 6.00. The third-order valence-electron chi connectivity index (χ3n) is 2.01. The molecule has 0 saturated carbocycles. The molecule has 0 aliphatic rings. The number of nitrogens with zero attached hydrogens (tertiary/aromatic N) is 3. The average Bonchev–Trinajstić information content (AvgIpc) is 2.81. The zero-order valence-corrected chi connectivity index (χ0v) is 8.94. The molecule has 0 aromatic carbocycles. The van der Waals surface area contributed by atoms with Crippen molar-refractivity contribution in [1.29, 1.82) is 0 Å². The highest BCUT2D eigenvalue weighted by molar-refractivity contribution is 6.99. The molecule has 0 aliphatic heterocycles. The molecule has 15 heavy (non-hydrogen) atoms. The normalized spacial score (nSPS) is 12.4. The summed E-state index contributed by atoms with van der Waals surface area (Å²) in [5.74, 6) is 0.665. The van der Waals surface area contributed by atoms with Crippen LogP contribution in [0.5, 0.6) is 5.75 Å². The number of hydrogen-bond acceptors (Lipinski definition) is 6. The molecule has 5 nitrogen and oxygen atoms in total. The summed E-state index contributed by atoms with van der Waals surface area (Å²) >= 11 is 1.13. The predicted octanol–water partition coefficient (Wildman–Crippen LogP) is 0.990. The van der Waals surface area contributed by atoms with Gasteiger partial charge in [0.05, 0.1) is 36.8 Å². The van der Waals surface area contributed by atoms with E-state index < -0.39 is 0 Å². The quantitative estimate of drug-likeness (QED) is 0.838. The minimum atomic E-state index is -0.389. The first-order valence-electron chi connectivity index (χ1n) is 4.35. The number of methoxy groups -OCH3 is 1. The molecule has 0 amide bonds. The molecule has 2 rings (SSSR count). The van der Waals surface area contributed by atoms with Crippen molar-refractivity contribution < 1.29 is 4.74 Å². The Morgan fingerprint density at radius 3 is 3.07 bits per heavy atom. The Balaban J connectivity index is 2.37. The summed E-state index contributed by atoms with van der Waals surface area (Å²) in [5.41, 5.74) is 7.38. The highest BCUT2D eigenvalue weighted by Crippen LogP contribution is 2.24. The molecule has 0 spiro atoms. The molecule has 1 atom stereocenters. The first kappa shape index (κ1) is 10.0. The van der Waals surface area contributed by atoms with Crippen molar-refractivity contribution in [2.24, 2.45) is 5.73 Å². The largest absolute Gasteiger partial charge is 0.495 e. The summed E-state index contributed by atoms with van der Waals surface area (Å²) < 4.78 is 13.2. The Hall–Kier alpha value is -1.53. The molecule has 78 valence electrons. The van der Waals surface area contributed by atoms with Crippen LogP contribution >= 0.6 is 11.7 Å². The number of nitrogens with two attached hydrogens (primary N) is 1. The van der Waals surface area contributed by atoms with Crippen LogP contribution in [-0.2, 0) is 0 Å². The molecule has 0 saturated heterocycles. The molecule has 0 aliphatic carbocycles. The van der Waals surface area contributed by atoms with Crippen molar-refractivity contribution >= 4 is 11.7 Å². The van der Waals surface area contributed by atoms with Gasteiger partial charge in [0.15, 0.2) is 0 Å². The lowest BCUT2D eigenvalue weighted by molar-refractivity contribution is 0.404. The topological polar surface area (TPSA) is 73.9 Å². The number of pyridine rings is 1. The lowest BCUT2D eigenvalue weighted by Gasteiger charge is -2.11. The van der Waals surface area contributed by atoms with Crippen molar-refractivity contribution in [2.75, 3.05) is 7.11 Å². The van der Waals surface area contributed by atoms with Gasteiger partial charge in [0.25, 0.3) is 0 Å². The van der Waals surface area contributed by atoms with Gasteiger partial charge in [-0.25, -0.2) is 0 Å². The van der Waals surface area contributed by atoms with E-state index in [1.165, 1.54) is 0 Å². The molecule has 0 bridgehead atoms. The number of hydrogen-bond donors (Lipinski definition) is 1. The third-order valence-corrected chi connectivity index (χ3v) is 2.50. The van der Waals surface area contributed by atoms with Gasteiger partial charge in [0, 0.05) is 6.20 Å². The Morgan fingerprint density at radius 1 is 1.53 bits per heavy atom. The third kappa shape index (κ3) is 1.95. The zero-order valence-electron chi connectivity index (χ0n) is 8.12. The van der Waals surface area contributed by atoms with Crippen molar-refractivity contribution in [2.45, 2.75) is 6.04 Å². The van der Waals surface area contributed by atoms with Crippen LogP contribution in [0.4, 0.5) is 0 Å². The van der Waals surface area contributed by atoms with Gasteiger partial charge >= 0.3 is 0 Å². The summed E-state index contributed by atoms with van der Waals surface area (Å²) in [5, 5.41) is 0. The van der Waals surface area contributed by atoms with Gasteiger partial charge < -0.3 is 10.5 Å². The number of ether oxygens (including phenoxy) is 1. The minimum absolute atomic E-state index is 0.389. The molecule has 2 N–H and O–H groups in total. The Bertz CT molecular complexity index is 431. The lowest BCUT2D eigenvalue weighted by Crippen LogP contribution is -2.14. The standard InChI is InChI=1S/C9H10N4OS/c1-14-7-3-2-4-11-9(7)8(10)6-5-12-15-13-6/h2-5,8H,10H2,1H3. The van der Waals surface area contributed by atoms with Crippen LogP contribution in [-0.4, -0.2) is 20.8 Å². The van der Waals surface area contributed by atoms with Gasteiger partial charge in [-0.05, 0) is 12.1 Å². The van der Waals surface area contributed by atoms with E-state index in [1.54, 1.807) is 25.6 Å². The van der Waals surface area contributed by atoms with Gasteiger partial charge in [-0.2, -0.15) is 8.75 Å². The van der Waals surface area contributed by atoms with Crippen LogP contribution in [0.2, 0.25) is 0 Å². The summed E-state index contributed by atoms with van der Waals surface area (Å²) in [6, 6.07) is 3.23. The van der Waals surface area contributed by atoms with E-state index >= 15 is 0 Å². The van der Waals surface area contributed by atoms with E-state index in [9.17, 15) is 0 Å². The second kappa shape index (κ2) is 4.33. The van der Waals surface area contributed by atoms with Crippen LogP contribution in [0.25, 0.3) is 0 Å². The van der Waals surface area contributed by atoms with Crippen LogP contribution in [0.1, 0.15) is 17.4 Å². The molecular formula is C9H10N4OS. The highest BCUT2D eigenvalue weighted by atomic mass is 32.1. The SMILES string of the molecule is COc1cccnc1C(N)c1cnsn1. The fourth-order valence-electron chi connectivity index (χ4n) is 1.26. The number of rotatable bonds is 3. The van der Waals surface area contributed by atoms with E-state index in [4.69, 9.17) is 10.5 Å². The summed E-state index contributed by atoms with van der Waals surface area (Å²) in [6.45, 7) is 0. The van der Waals surface area contributed by atoms with Crippen molar-refractivity contribution in [3.63, 3.8) is 0 Å². The number of aromatic nitrogens is 3. The lowest BCUT2D eigenvalue weighted by atomic mass is 10.1. The fraction of sp³-hybridized carbons (Fsp3) is 0.222. The van der Waals surface area contributed by atoms with E-state index in [0.717, 1.165) is 11.7 Å². The second-order valence-corrected chi connectivity index (χ2v) is 3.46. The maximum absolute atomic E-state index is 6.00. The van der Waals surface area contributed by atoms with Crippen LogP contribution in [0, 0.1) is 0 Å². The molecule has 2 aromatic heterocycles. The summed E-state index contributed by atoms with van der Waals surface area (Å²) in [7, 11) is 1.59. The Kier molecular flexibility index (Phi) is 2.89. The maximum Gasteiger partial charge on any atom is 0.142 e. The van der Waals surface area contributed by atoms with Crippen LogP contribution < -0.4 is 10.5 Å². The van der Waals surface area contributed by atoms with Gasteiger partial charge in [-0.3, -0.25) is 4.98 Å². The molecule has 0 radical (unpaired) electrons. The Labute approximate surface area is 91.3 Å². The fourth-order valence-corrected chi connectivity index (χ4v) is 1.72. The van der Waals surface area contributed by atoms with Crippen LogP contribution in [0.3, 0.4) is 0 Å². The van der Waals surface area contributed by atoms with Crippen molar-refractivity contribution in [3.8, 4) is 5.75 Å². The van der Waals surface area contributed by atoms with Gasteiger partial charge in [-0.1, -0.05) is 0 Å². The average molecular weight is 222 g/mol. The molecule has 2 aromatic rings. The van der Waals surface area contributed by atoms with Crippen LogP contribution in [0.15, 0.2) is 24.5 Å². The molecule has 2 heterocycles. The van der Waals surface area contributed by atoms with Crippen molar-refractivity contribution in [1.82, 2.24) is 13.7 Å². The van der Waals surface area contributed by atoms with Gasteiger partial charge in [0.2, 0.25) is 0 Å². The highest BCUT2D eigenvalue weighted by Gasteiger charge is 2.17. The molecule has 0 fully saturated rings. The van der Waals surface area contributed by atoms with Crippen molar-refractivity contribution in [3.05, 3.63) is 35.9 Å². The predicted molar refractivity (Wildman–Crippen MR) is 56.7 cm³/mol. The van der Waals surface area contributed by atoms with Gasteiger partial charge in [-0.15, -0.1) is 0 Å². The van der Waals surface area contributed by atoms with E-state index in [2.05, 4.69) is 13.7 Å². The van der Waals surface area contributed by atoms with E-state index in [0.29, 0.717) is 17.1 Å². The monoisotopic (exact) mass is 222 g/mol.